The van der Waals surface area contributed by atoms with E-state index in [1.165, 1.54) is 0 Å². The molecule has 1 N–H and O–H groups in total. The number of hydrazine groups is 1. The fourth-order valence-electron chi connectivity index (χ4n) is 3.68. The van der Waals surface area contributed by atoms with Gasteiger partial charge >= 0.3 is 5.63 Å². The molecule has 0 amide bonds. The van der Waals surface area contributed by atoms with Crippen LogP contribution in [0.25, 0.3) is 27.9 Å². The Hall–Kier alpha value is -3.91. The number of hydrogen-bond acceptors (Lipinski definition) is 9. The molecule has 0 radical (unpaired) electrons. The van der Waals surface area contributed by atoms with Gasteiger partial charge in [-0.25, -0.2) is 13.2 Å². The third kappa shape index (κ3) is 5.60. The Morgan fingerprint density at radius 3 is 2.43 bits per heavy atom. The number of aromatic nitrogens is 3. The van der Waals surface area contributed by atoms with Crippen molar-refractivity contribution in [3.8, 4) is 16.9 Å². The summed E-state index contributed by atoms with van der Waals surface area (Å²) in [5, 5.41) is 13.7. The summed E-state index contributed by atoms with van der Waals surface area (Å²) >= 11 is 0. The van der Waals surface area contributed by atoms with Gasteiger partial charge in [-0.3, -0.25) is 9.13 Å². The predicted octanol–water partition coefficient (Wildman–Crippen LogP) is 1.65. The number of anilines is 1. The minimum Gasteiger partial charge on any atom is -0.726 e. The molecule has 5 rings (SSSR count). The molecule has 0 atom stereocenters. The van der Waals surface area contributed by atoms with E-state index in [1.807, 2.05) is 85.5 Å². The van der Waals surface area contributed by atoms with Crippen molar-refractivity contribution in [2.75, 3.05) is 25.8 Å². The van der Waals surface area contributed by atoms with Crippen LogP contribution < -0.4 is 10.6 Å². The molecule has 2 aromatic heterocycles. The first-order valence-electron chi connectivity index (χ1n) is 10.3. The van der Waals surface area contributed by atoms with Crippen LogP contribution in [0.15, 0.2) is 63.8 Å². The van der Waals surface area contributed by atoms with E-state index in [0.29, 0.717) is 17.9 Å². The normalized spacial score (nSPS) is 14.1. The topological polar surface area (TPSA) is 148 Å². The quantitative estimate of drug-likeness (QED) is 0.191. The first kappa shape index (κ1) is 24.2. The molecule has 3 heterocycles. The molecule has 2 aromatic carbocycles. The van der Waals surface area contributed by atoms with Gasteiger partial charge in [0.15, 0.2) is 6.67 Å². The van der Waals surface area contributed by atoms with Crippen molar-refractivity contribution in [1.82, 2.24) is 20.0 Å². The van der Waals surface area contributed by atoms with Gasteiger partial charge in [-0.1, -0.05) is 30.3 Å². The zero-order valence-corrected chi connectivity index (χ0v) is 19.9. The highest BCUT2D eigenvalue weighted by atomic mass is 32.3. The standard InChI is InChI=1S/C22H21N6O2.H2O4S/c1-15-21(16-7-5-4-6-8-16)24-28(23-15)18-10-9-17-11-19(22(29)30-20(17)12-18)27-14-25(2)13-26(27)3;1-5(2,3)4/h4-12,14H,13H2,1-3H3;(H2,1,2,3,4)/q+1;/p-1. The van der Waals surface area contributed by atoms with E-state index >= 15 is 0 Å². The van der Waals surface area contributed by atoms with E-state index in [1.54, 1.807) is 15.9 Å². The van der Waals surface area contributed by atoms with Gasteiger partial charge in [0.05, 0.1) is 18.4 Å². The van der Waals surface area contributed by atoms with Crippen molar-refractivity contribution >= 4 is 33.4 Å². The minimum atomic E-state index is -4.92. The number of fused-ring (bicyclic) bond motifs is 1. The predicted molar refractivity (Wildman–Crippen MR) is 127 cm³/mol. The third-order valence-corrected chi connectivity index (χ3v) is 5.11. The van der Waals surface area contributed by atoms with Crippen LogP contribution >= 0.6 is 0 Å². The molecule has 4 aromatic rings. The molecule has 0 spiro atoms. The number of benzene rings is 2. The number of rotatable bonds is 3. The van der Waals surface area contributed by atoms with Gasteiger partial charge < -0.3 is 8.97 Å². The summed E-state index contributed by atoms with van der Waals surface area (Å²) < 4.78 is 40.5. The highest BCUT2D eigenvalue weighted by Crippen LogP contribution is 2.24. The lowest BCUT2D eigenvalue weighted by atomic mass is 10.1. The van der Waals surface area contributed by atoms with E-state index in [9.17, 15) is 4.79 Å². The van der Waals surface area contributed by atoms with Gasteiger partial charge in [0.1, 0.15) is 11.3 Å². The van der Waals surface area contributed by atoms with Gasteiger partial charge in [0.2, 0.25) is 16.1 Å². The van der Waals surface area contributed by atoms with Crippen molar-refractivity contribution < 1.29 is 26.5 Å². The molecule has 0 aliphatic carbocycles. The molecular weight excluding hydrogens is 476 g/mol. The molecule has 35 heavy (non-hydrogen) atoms. The summed E-state index contributed by atoms with van der Waals surface area (Å²) in [6, 6.07) is 17.4. The Labute approximate surface area is 200 Å². The molecule has 0 bridgehead atoms. The lowest BCUT2D eigenvalue weighted by Gasteiger charge is -2.13. The van der Waals surface area contributed by atoms with Crippen LogP contribution in [0.1, 0.15) is 5.69 Å². The Morgan fingerprint density at radius 1 is 1.11 bits per heavy atom. The van der Waals surface area contributed by atoms with E-state index in [0.717, 1.165) is 28.0 Å². The van der Waals surface area contributed by atoms with Gasteiger partial charge in [-0.2, -0.15) is 9.90 Å². The molecule has 0 saturated heterocycles. The maximum atomic E-state index is 12.7. The van der Waals surface area contributed by atoms with E-state index in [2.05, 4.69) is 10.2 Å². The van der Waals surface area contributed by atoms with Crippen LogP contribution in [0.4, 0.5) is 5.69 Å². The van der Waals surface area contributed by atoms with Crippen LogP contribution in [-0.4, -0.2) is 69.2 Å². The number of aryl methyl sites for hydroxylation is 1. The average molecular weight is 499 g/mol. The molecule has 12 nitrogen and oxygen atoms in total. The smallest absolute Gasteiger partial charge is 0.385 e. The average Bonchev–Trinajstić information content (AvgIpc) is 3.33. The third-order valence-electron chi connectivity index (χ3n) is 5.11. The van der Waals surface area contributed by atoms with Crippen molar-refractivity contribution in [3.63, 3.8) is 0 Å². The molecule has 13 heteroatoms. The highest BCUT2D eigenvalue weighted by molar-refractivity contribution is 7.79. The lowest BCUT2D eigenvalue weighted by Crippen LogP contribution is -2.36. The van der Waals surface area contributed by atoms with Crippen LogP contribution in [-0.2, 0) is 10.4 Å². The van der Waals surface area contributed by atoms with Crippen molar-refractivity contribution in [1.29, 1.82) is 0 Å². The fraction of sp³-hybridized carbons (Fsp3) is 0.182. The Bertz CT molecular complexity index is 1570. The fourth-order valence-corrected chi connectivity index (χ4v) is 3.68. The Kier molecular flexibility index (Phi) is 6.49. The van der Waals surface area contributed by atoms with Crippen molar-refractivity contribution in [3.05, 3.63) is 70.7 Å². The van der Waals surface area contributed by atoms with E-state index in [-0.39, 0.29) is 0 Å². The second-order valence-corrected chi connectivity index (χ2v) is 8.73. The first-order valence-corrected chi connectivity index (χ1v) is 11.7. The summed E-state index contributed by atoms with van der Waals surface area (Å²) in [6.07, 6.45) is 1.87. The molecule has 182 valence electrons. The maximum absolute atomic E-state index is 12.7. The summed E-state index contributed by atoms with van der Waals surface area (Å²) in [6.45, 7) is 2.63. The number of hydrogen-bond donors (Lipinski definition) is 1. The minimum absolute atomic E-state index is 0.396. The van der Waals surface area contributed by atoms with Crippen molar-refractivity contribution in [2.24, 2.45) is 0 Å². The molecule has 0 fully saturated rings. The van der Waals surface area contributed by atoms with Gasteiger partial charge in [0.25, 0.3) is 6.34 Å². The SMILES string of the molecule is Cc1nn(-c2ccc3cc(N4C=[N+](C)CN4C)c(=O)oc3c2)nc1-c1ccccc1.O=S(=O)([O-])O. The molecular formula is C22H22N6O6S. The molecule has 0 unspecified atom stereocenters. The summed E-state index contributed by atoms with van der Waals surface area (Å²) in [7, 11) is -1.04. The monoisotopic (exact) mass is 498 g/mol. The van der Waals surface area contributed by atoms with E-state index < -0.39 is 16.0 Å². The van der Waals surface area contributed by atoms with Gasteiger partial charge in [-0.05, 0) is 19.1 Å². The Morgan fingerprint density at radius 2 is 1.80 bits per heavy atom. The lowest BCUT2D eigenvalue weighted by molar-refractivity contribution is -0.500. The first-order chi connectivity index (χ1) is 16.5. The largest absolute Gasteiger partial charge is 0.726 e. The van der Waals surface area contributed by atoms with Crippen molar-refractivity contribution in [2.45, 2.75) is 6.92 Å². The molecule has 1 aliphatic heterocycles. The molecule has 1 aliphatic rings. The summed E-state index contributed by atoms with van der Waals surface area (Å²) in [4.78, 5) is 14.2. The van der Waals surface area contributed by atoms with Crippen LogP contribution in [0.2, 0.25) is 0 Å². The van der Waals surface area contributed by atoms with E-state index in [4.69, 9.17) is 21.9 Å². The van der Waals surface area contributed by atoms with Crippen LogP contribution in [0.5, 0.6) is 0 Å². The number of nitrogens with zero attached hydrogens (tertiary/aromatic N) is 6. The Balaban J connectivity index is 0.000000527. The zero-order chi connectivity index (χ0) is 25.3. The maximum Gasteiger partial charge on any atom is 0.385 e. The van der Waals surface area contributed by atoms with Crippen LogP contribution in [0, 0.1) is 6.92 Å². The van der Waals surface area contributed by atoms with Crippen LogP contribution in [0.3, 0.4) is 0 Å². The second-order valence-electron chi connectivity index (χ2n) is 7.87. The van der Waals surface area contributed by atoms with Gasteiger partial charge in [-0.15, -0.1) is 15.1 Å². The van der Waals surface area contributed by atoms with Gasteiger partial charge in [0, 0.05) is 30.1 Å². The highest BCUT2D eigenvalue weighted by Gasteiger charge is 2.29. The summed E-state index contributed by atoms with van der Waals surface area (Å²) in [5.74, 6) is 0. The zero-order valence-electron chi connectivity index (χ0n) is 19.1. The second kappa shape index (κ2) is 9.38. The summed E-state index contributed by atoms with van der Waals surface area (Å²) in [5.41, 5.74) is 3.96. The molecule has 0 saturated carbocycles.